The molecule has 2 atom stereocenters. The largest absolute Gasteiger partial charge is 0.513 e. The molecule has 1 fully saturated rings. The zero-order valence-corrected chi connectivity index (χ0v) is 18.4. The van der Waals surface area contributed by atoms with Crippen molar-refractivity contribution in [3.8, 4) is 16.9 Å². The van der Waals surface area contributed by atoms with Crippen LogP contribution in [-0.2, 0) is 9.53 Å². The van der Waals surface area contributed by atoms with Crippen molar-refractivity contribution < 1.29 is 28.2 Å². The summed E-state index contributed by atoms with van der Waals surface area (Å²) in [6.07, 6.45) is 1.89. The van der Waals surface area contributed by atoms with Gasteiger partial charge in [0.05, 0.1) is 7.11 Å². The van der Waals surface area contributed by atoms with E-state index in [1.165, 1.54) is 12.1 Å². The van der Waals surface area contributed by atoms with Gasteiger partial charge in [-0.3, -0.25) is 9.59 Å². The lowest BCUT2D eigenvalue weighted by molar-refractivity contribution is -0.121. The number of ether oxygens (including phenoxy) is 2. The summed E-state index contributed by atoms with van der Waals surface area (Å²) < 4.78 is 23.3. The molecule has 1 aliphatic rings. The van der Waals surface area contributed by atoms with Crippen LogP contribution < -0.4 is 10.1 Å². The van der Waals surface area contributed by atoms with Crippen molar-refractivity contribution in [3.63, 3.8) is 0 Å². The maximum Gasteiger partial charge on any atom is 0.513 e. The van der Waals surface area contributed by atoms with E-state index in [1.807, 2.05) is 6.92 Å². The van der Waals surface area contributed by atoms with E-state index in [1.54, 1.807) is 42.3 Å². The van der Waals surface area contributed by atoms with Gasteiger partial charge in [-0.15, -0.1) is 0 Å². The number of halogens is 1. The fourth-order valence-corrected chi connectivity index (χ4v) is 3.84. The van der Waals surface area contributed by atoms with Gasteiger partial charge in [-0.25, -0.2) is 9.18 Å². The lowest BCUT2D eigenvalue weighted by Crippen LogP contribution is -2.38. The number of methoxy groups -OCH3 is 1. The Balaban J connectivity index is 1.65. The molecule has 0 aliphatic heterocycles. The summed E-state index contributed by atoms with van der Waals surface area (Å²) >= 11 is 0. The second kappa shape index (κ2) is 10.3. The molecule has 0 aromatic heterocycles. The van der Waals surface area contributed by atoms with E-state index in [0.29, 0.717) is 17.5 Å². The zero-order valence-electron chi connectivity index (χ0n) is 18.4. The molecular formula is C24H27FN2O5. The van der Waals surface area contributed by atoms with E-state index in [9.17, 15) is 18.8 Å². The quantitative estimate of drug-likeness (QED) is 0.537. The molecule has 0 spiro atoms. The van der Waals surface area contributed by atoms with Gasteiger partial charge in [0.15, 0.2) is 11.6 Å². The Morgan fingerprint density at radius 1 is 1.09 bits per heavy atom. The minimum Gasteiger partial charge on any atom is -0.437 e. The van der Waals surface area contributed by atoms with E-state index in [4.69, 9.17) is 4.74 Å². The van der Waals surface area contributed by atoms with E-state index < -0.39 is 12.0 Å². The lowest BCUT2D eigenvalue weighted by atomic mass is 10.0. The van der Waals surface area contributed by atoms with Crippen molar-refractivity contribution >= 4 is 18.0 Å². The third-order valence-electron chi connectivity index (χ3n) is 5.72. The van der Waals surface area contributed by atoms with Crippen LogP contribution in [0.2, 0.25) is 0 Å². The molecule has 2 amide bonds. The van der Waals surface area contributed by atoms with Gasteiger partial charge in [-0.05, 0) is 54.7 Å². The van der Waals surface area contributed by atoms with Gasteiger partial charge >= 0.3 is 6.16 Å². The van der Waals surface area contributed by atoms with Crippen LogP contribution in [-0.4, -0.2) is 49.1 Å². The van der Waals surface area contributed by atoms with Gasteiger partial charge in [0.1, 0.15) is 0 Å². The maximum absolute atomic E-state index is 14.2. The number of carbonyl (C=O) groups is 3. The number of rotatable bonds is 6. The van der Waals surface area contributed by atoms with Crippen molar-refractivity contribution in [1.82, 2.24) is 10.2 Å². The third-order valence-corrected chi connectivity index (χ3v) is 5.72. The molecule has 0 radical (unpaired) electrons. The van der Waals surface area contributed by atoms with Gasteiger partial charge in [-0.1, -0.05) is 25.1 Å². The lowest BCUT2D eigenvalue weighted by Gasteiger charge is -2.25. The number of benzene rings is 2. The van der Waals surface area contributed by atoms with Crippen LogP contribution in [0.25, 0.3) is 11.1 Å². The summed E-state index contributed by atoms with van der Waals surface area (Å²) in [4.78, 5) is 37.4. The first kappa shape index (κ1) is 23.2. The molecule has 170 valence electrons. The smallest absolute Gasteiger partial charge is 0.437 e. The summed E-state index contributed by atoms with van der Waals surface area (Å²) in [5.41, 5.74) is 1.83. The minimum atomic E-state index is -0.995. The molecule has 2 aromatic rings. The van der Waals surface area contributed by atoms with Crippen LogP contribution in [0.1, 0.15) is 43.0 Å². The standard InChI is InChI=1S/C24H27FN2O5/c1-4-22(28)26-18-10-11-19(14-18)27(2)23(29)16-7-5-15(6-8-16)17-9-12-21(20(25)13-17)32-24(30)31-3/h5-9,12-13,18-19H,4,10-11,14H2,1-3H3,(H,26,28)/t18-,19+/m0/s1. The van der Waals surface area contributed by atoms with E-state index in [-0.39, 0.29) is 29.6 Å². The van der Waals surface area contributed by atoms with Crippen LogP contribution in [0.3, 0.4) is 0 Å². The average Bonchev–Trinajstić information content (AvgIpc) is 3.27. The van der Waals surface area contributed by atoms with Crippen LogP contribution >= 0.6 is 0 Å². The fraction of sp³-hybridized carbons (Fsp3) is 0.375. The first-order valence-electron chi connectivity index (χ1n) is 10.5. The number of hydrogen-bond acceptors (Lipinski definition) is 5. The molecule has 0 bridgehead atoms. The monoisotopic (exact) mass is 442 g/mol. The van der Waals surface area contributed by atoms with Crippen LogP contribution in [0.4, 0.5) is 9.18 Å². The van der Waals surface area contributed by atoms with Gasteiger partial charge in [0.2, 0.25) is 5.91 Å². The molecule has 0 saturated heterocycles. The Labute approximate surface area is 186 Å². The van der Waals surface area contributed by atoms with E-state index in [2.05, 4.69) is 10.1 Å². The Hall–Kier alpha value is -3.42. The molecule has 7 nitrogen and oxygen atoms in total. The van der Waals surface area contributed by atoms with Crippen molar-refractivity contribution in [1.29, 1.82) is 0 Å². The molecule has 0 unspecified atom stereocenters. The predicted molar refractivity (Wildman–Crippen MR) is 117 cm³/mol. The highest BCUT2D eigenvalue weighted by atomic mass is 19.1. The van der Waals surface area contributed by atoms with E-state index in [0.717, 1.165) is 31.9 Å². The molecule has 0 heterocycles. The Kier molecular flexibility index (Phi) is 7.45. The topological polar surface area (TPSA) is 84.9 Å². The van der Waals surface area contributed by atoms with Gasteiger partial charge in [0, 0.05) is 31.1 Å². The summed E-state index contributed by atoms with van der Waals surface area (Å²) in [6.45, 7) is 1.82. The highest BCUT2D eigenvalue weighted by Crippen LogP contribution is 2.28. The molecule has 8 heteroatoms. The summed E-state index contributed by atoms with van der Waals surface area (Å²) in [5.74, 6) is -0.990. The number of carbonyl (C=O) groups excluding carboxylic acids is 3. The molecule has 2 aromatic carbocycles. The predicted octanol–water partition coefficient (Wildman–Crippen LogP) is 4.16. The Morgan fingerprint density at radius 3 is 2.41 bits per heavy atom. The molecule has 32 heavy (non-hydrogen) atoms. The molecule has 1 saturated carbocycles. The number of amides is 2. The van der Waals surface area contributed by atoms with Crippen LogP contribution in [0, 0.1) is 5.82 Å². The normalized spacial score (nSPS) is 17.5. The summed E-state index contributed by atoms with van der Waals surface area (Å²) in [7, 11) is 2.92. The van der Waals surface area contributed by atoms with Crippen molar-refractivity contribution in [3.05, 3.63) is 53.8 Å². The zero-order chi connectivity index (χ0) is 23.3. The highest BCUT2D eigenvalue weighted by molar-refractivity contribution is 5.94. The van der Waals surface area contributed by atoms with Crippen LogP contribution in [0.5, 0.6) is 5.75 Å². The van der Waals surface area contributed by atoms with E-state index >= 15 is 0 Å². The SMILES string of the molecule is CCC(=O)N[C@H]1CC[C@@H](N(C)C(=O)c2ccc(-c3ccc(OC(=O)OC)c(F)c3)cc2)C1. The first-order valence-corrected chi connectivity index (χ1v) is 10.5. The summed E-state index contributed by atoms with van der Waals surface area (Å²) in [5, 5.41) is 3.00. The number of nitrogens with zero attached hydrogens (tertiary/aromatic N) is 1. The summed E-state index contributed by atoms with van der Waals surface area (Å²) in [6, 6.07) is 11.3. The fourth-order valence-electron chi connectivity index (χ4n) is 3.84. The number of hydrogen-bond donors (Lipinski definition) is 1. The van der Waals surface area contributed by atoms with Crippen LogP contribution in [0.15, 0.2) is 42.5 Å². The van der Waals surface area contributed by atoms with Crippen molar-refractivity contribution in [2.24, 2.45) is 0 Å². The first-order chi connectivity index (χ1) is 15.3. The van der Waals surface area contributed by atoms with Gasteiger partial charge in [0.25, 0.3) is 5.91 Å². The second-order valence-corrected chi connectivity index (χ2v) is 7.78. The van der Waals surface area contributed by atoms with Crippen molar-refractivity contribution in [2.75, 3.05) is 14.2 Å². The highest BCUT2D eigenvalue weighted by Gasteiger charge is 2.30. The molecule has 3 rings (SSSR count). The minimum absolute atomic E-state index is 0.0292. The molecule has 1 N–H and O–H groups in total. The Bertz CT molecular complexity index is 992. The second-order valence-electron chi connectivity index (χ2n) is 7.78. The number of nitrogens with one attached hydrogen (secondary N) is 1. The molecular weight excluding hydrogens is 415 g/mol. The van der Waals surface area contributed by atoms with Gasteiger partial charge in [-0.2, -0.15) is 0 Å². The average molecular weight is 442 g/mol. The van der Waals surface area contributed by atoms with Gasteiger partial charge < -0.3 is 19.7 Å². The Morgan fingerprint density at radius 2 is 1.78 bits per heavy atom. The third kappa shape index (κ3) is 5.43. The molecule has 1 aliphatic carbocycles. The van der Waals surface area contributed by atoms with Crippen molar-refractivity contribution in [2.45, 2.75) is 44.7 Å². The maximum atomic E-state index is 14.2.